The molecular formula is C8H18B2. The first kappa shape index (κ1) is 8.23. The van der Waals surface area contributed by atoms with Gasteiger partial charge >= 0.3 is 0 Å². The van der Waals surface area contributed by atoms with Crippen molar-refractivity contribution in [2.45, 2.75) is 44.2 Å². The fourth-order valence-corrected chi connectivity index (χ4v) is 1.97. The summed E-state index contributed by atoms with van der Waals surface area (Å²) < 4.78 is 0. The highest BCUT2D eigenvalue weighted by molar-refractivity contribution is 6.39. The molecule has 0 bridgehead atoms. The van der Waals surface area contributed by atoms with Crippen LogP contribution in [-0.4, -0.2) is 15.7 Å². The third-order valence-corrected chi connectivity index (χ3v) is 2.83. The van der Waals surface area contributed by atoms with Crippen molar-refractivity contribution in [3.63, 3.8) is 0 Å². The van der Waals surface area contributed by atoms with Crippen LogP contribution in [0.5, 0.6) is 0 Å². The molecule has 0 aliphatic heterocycles. The molecule has 0 aromatic heterocycles. The van der Waals surface area contributed by atoms with Gasteiger partial charge in [0.1, 0.15) is 0 Å². The van der Waals surface area contributed by atoms with Crippen molar-refractivity contribution < 1.29 is 0 Å². The van der Waals surface area contributed by atoms with E-state index in [0.29, 0.717) is 5.21 Å². The zero-order valence-electron chi connectivity index (χ0n) is 7.61. The molecule has 0 unspecified atom stereocenters. The van der Waals surface area contributed by atoms with Gasteiger partial charge in [-0.2, -0.15) is 0 Å². The van der Waals surface area contributed by atoms with Crippen LogP contribution in [0.15, 0.2) is 0 Å². The highest BCUT2D eigenvalue weighted by atomic mass is 14.2. The van der Waals surface area contributed by atoms with E-state index in [-0.39, 0.29) is 0 Å². The van der Waals surface area contributed by atoms with Gasteiger partial charge < -0.3 is 0 Å². The highest BCUT2D eigenvalue weighted by Gasteiger charge is 2.25. The Morgan fingerprint density at radius 3 is 1.90 bits per heavy atom. The summed E-state index contributed by atoms with van der Waals surface area (Å²) >= 11 is 0. The van der Waals surface area contributed by atoms with Crippen LogP contribution in [0.1, 0.15) is 39.0 Å². The Labute approximate surface area is 66.6 Å². The summed E-state index contributed by atoms with van der Waals surface area (Å²) in [5.41, 5.74) is 0. The van der Waals surface area contributed by atoms with E-state index < -0.39 is 0 Å². The van der Waals surface area contributed by atoms with Crippen LogP contribution in [0, 0.1) is 5.92 Å². The van der Waals surface area contributed by atoms with Crippen molar-refractivity contribution in [1.29, 1.82) is 0 Å². The Bertz CT molecular complexity index is 98.3. The van der Waals surface area contributed by atoms with Crippen LogP contribution in [0.3, 0.4) is 0 Å². The second-order valence-corrected chi connectivity index (χ2v) is 4.70. The lowest BCUT2D eigenvalue weighted by atomic mass is 9.47. The Morgan fingerprint density at radius 1 is 1.10 bits per heavy atom. The van der Waals surface area contributed by atoms with Gasteiger partial charge in [-0.05, 0) is 0 Å². The monoisotopic (exact) mass is 136 g/mol. The molecule has 1 aliphatic carbocycles. The van der Waals surface area contributed by atoms with Gasteiger partial charge in [-0.15, -0.1) is 0 Å². The molecule has 0 atom stereocenters. The number of hydrogen-bond donors (Lipinski definition) is 0. The second kappa shape index (κ2) is 3.02. The van der Waals surface area contributed by atoms with Crippen LogP contribution in [0.4, 0.5) is 0 Å². The van der Waals surface area contributed by atoms with Crippen molar-refractivity contribution in [3.05, 3.63) is 0 Å². The van der Waals surface area contributed by atoms with Gasteiger partial charge in [-0.3, -0.25) is 0 Å². The number of rotatable bonds is 1. The first-order chi connectivity index (χ1) is 4.61. The molecule has 0 N–H and O–H groups in total. The lowest BCUT2D eigenvalue weighted by Gasteiger charge is -2.33. The third-order valence-electron chi connectivity index (χ3n) is 2.83. The van der Waals surface area contributed by atoms with E-state index in [4.69, 9.17) is 0 Å². The molecule has 0 radical (unpaired) electrons. The van der Waals surface area contributed by atoms with Gasteiger partial charge in [0.2, 0.25) is 0 Å². The summed E-state index contributed by atoms with van der Waals surface area (Å²) in [5, 5.41) is 0.570. The molecule has 0 spiro atoms. The Kier molecular flexibility index (Phi) is 2.49. The average molecular weight is 136 g/mol. The zero-order valence-corrected chi connectivity index (χ0v) is 7.61. The van der Waals surface area contributed by atoms with Gasteiger partial charge in [-0.1, -0.05) is 50.2 Å². The minimum atomic E-state index is 0.570. The van der Waals surface area contributed by atoms with E-state index in [1.165, 1.54) is 32.1 Å². The van der Waals surface area contributed by atoms with Crippen LogP contribution in [-0.2, 0) is 0 Å². The summed E-state index contributed by atoms with van der Waals surface area (Å²) in [6.45, 7) is 2.38. The standard InChI is InChI=1S/C8H18B2/c1-8(9,10)7-5-3-2-4-6-7/h7H,2-6,9-10H2,1H3. The second-order valence-electron chi connectivity index (χ2n) is 4.70. The lowest BCUT2D eigenvalue weighted by molar-refractivity contribution is 0.330. The van der Waals surface area contributed by atoms with Gasteiger partial charge in [0.15, 0.2) is 0 Å². The summed E-state index contributed by atoms with van der Waals surface area (Å²) in [5.74, 6) is 1.00. The van der Waals surface area contributed by atoms with Crippen molar-refractivity contribution in [1.82, 2.24) is 0 Å². The quantitative estimate of drug-likeness (QED) is 0.471. The zero-order chi connectivity index (χ0) is 7.61. The van der Waals surface area contributed by atoms with Crippen molar-refractivity contribution in [2.75, 3.05) is 0 Å². The molecule has 0 heterocycles. The smallest absolute Gasteiger partial charge is 0.0845 e. The SMILES string of the molecule is BC(B)(C)C1CCCCC1. The van der Waals surface area contributed by atoms with E-state index in [1.807, 2.05) is 0 Å². The molecule has 0 nitrogen and oxygen atoms in total. The van der Waals surface area contributed by atoms with E-state index >= 15 is 0 Å². The summed E-state index contributed by atoms with van der Waals surface area (Å²) in [4.78, 5) is 0. The first-order valence-electron chi connectivity index (χ1n) is 4.61. The maximum absolute atomic E-state index is 2.38. The van der Waals surface area contributed by atoms with Crippen LogP contribution >= 0.6 is 0 Å². The molecule has 0 saturated heterocycles. The summed E-state index contributed by atoms with van der Waals surface area (Å²) in [6.07, 6.45) is 7.38. The predicted octanol–water partition coefficient (Wildman–Crippen LogP) is 0.969. The topological polar surface area (TPSA) is 0 Å². The van der Waals surface area contributed by atoms with E-state index in [0.717, 1.165) is 5.92 Å². The van der Waals surface area contributed by atoms with E-state index in [1.54, 1.807) is 0 Å². The molecule has 1 aliphatic rings. The van der Waals surface area contributed by atoms with Crippen molar-refractivity contribution >= 4 is 15.7 Å². The molecule has 10 heavy (non-hydrogen) atoms. The molecule has 56 valence electrons. The minimum Gasteiger partial charge on any atom is -0.0845 e. The fourth-order valence-electron chi connectivity index (χ4n) is 1.97. The Balaban J connectivity index is 2.39. The molecule has 1 saturated carbocycles. The molecule has 1 fully saturated rings. The largest absolute Gasteiger partial charge is 0.0992 e. The van der Waals surface area contributed by atoms with Gasteiger partial charge in [0, 0.05) is 0 Å². The lowest BCUT2D eigenvalue weighted by Crippen LogP contribution is -2.23. The minimum absolute atomic E-state index is 0.570. The molecule has 0 aromatic rings. The van der Waals surface area contributed by atoms with Crippen molar-refractivity contribution in [2.24, 2.45) is 5.92 Å². The third kappa shape index (κ3) is 2.07. The molecular weight excluding hydrogens is 118 g/mol. The molecule has 2 heteroatoms. The summed E-state index contributed by atoms with van der Waals surface area (Å²) in [7, 11) is 4.76. The van der Waals surface area contributed by atoms with Crippen LogP contribution in [0.2, 0.25) is 5.21 Å². The normalized spacial score (nSPS) is 22.9. The number of hydrogen-bond acceptors (Lipinski definition) is 0. The Hall–Kier alpha value is 0.130. The van der Waals surface area contributed by atoms with Gasteiger partial charge in [-0.25, -0.2) is 0 Å². The van der Waals surface area contributed by atoms with Crippen LogP contribution in [0.25, 0.3) is 0 Å². The molecule has 0 aromatic carbocycles. The maximum atomic E-state index is 2.38. The van der Waals surface area contributed by atoms with E-state index in [2.05, 4.69) is 22.6 Å². The fraction of sp³-hybridized carbons (Fsp3) is 1.00. The molecule has 1 rings (SSSR count). The maximum Gasteiger partial charge on any atom is 0.0992 e. The Morgan fingerprint density at radius 2 is 1.60 bits per heavy atom. The predicted molar refractivity (Wildman–Crippen MR) is 52.0 cm³/mol. The summed E-state index contributed by atoms with van der Waals surface area (Å²) in [6, 6.07) is 0. The van der Waals surface area contributed by atoms with E-state index in [9.17, 15) is 0 Å². The van der Waals surface area contributed by atoms with Gasteiger partial charge in [0.25, 0.3) is 0 Å². The van der Waals surface area contributed by atoms with Crippen molar-refractivity contribution in [3.8, 4) is 0 Å². The van der Waals surface area contributed by atoms with Crippen LogP contribution < -0.4 is 0 Å². The van der Waals surface area contributed by atoms with Gasteiger partial charge in [0.05, 0.1) is 15.7 Å². The highest BCUT2D eigenvalue weighted by Crippen LogP contribution is 2.38. The average Bonchev–Trinajstić information content (AvgIpc) is 1.88. The first-order valence-corrected chi connectivity index (χ1v) is 4.61. The molecule has 0 amide bonds.